The Kier molecular flexibility index (Phi) is 5.73. The summed E-state index contributed by atoms with van der Waals surface area (Å²) in [6, 6.07) is 3.15. The summed E-state index contributed by atoms with van der Waals surface area (Å²) in [7, 11) is 0. The van der Waals surface area contributed by atoms with E-state index in [0.29, 0.717) is 33.8 Å². The molecule has 6 heteroatoms. The second-order valence-electron chi connectivity index (χ2n) is 5.70. The van der Waals surface area contributed by atoms with Crippen LogP contribution in [0.5, 0.6) is 0 Å². The van der Waals surface area contributed by atoms with Gasteiger partial charge in [-0.1, -0.05) is 30.1 Å². The lowest BCUT2D eigenvalue weighted by molar-refractivity contribution is -0.116. The topological polar surface area (TPSA) is 58.4 Å². The second kappa shape index (κ2) is 7.34. The summed E-state index contributed by atoms with van der Waals surface area (Å²) in [5.41, 5.74) is 6.66. The van der Waals surface area contributed by atoms with Crippen LogP contribution in [0.3, 0.4) is 0 Å². The van der Waals surface area contributed by atoms with Crippen LogP contribution in [0.25, 0.3) is 0 Å². The number of likely N-dealkylation sites (tertiary alicyclic amines) is 1. The SMILES string of the molecule is CC1CCCN(CCC(=O)Nc2c(N)cc(Cl)cc2Cl)C1. The van der Waals surface area contributed by atoms with Gasteiger partial charge in [-0.3, -0.25) is 4.79 Å². The summed E-state index contributed by atoms with van der Waals surface area (Å²) in [4.78, 5) is 14.4. The van der Waals surface area contributed by atoms with Crippen LogP contribution in [0, 0.1) is 5.92 Å². The van der Waals surface area contributed by atoms with Gasteiger partial charge in [0.1, 0.15) is 0 Å². The van der Waals surface area contributed by atoms with Crippen molar-refractivity contribution in [2.24, 2.45) is 5.92 Å². The molecule has 0 spiro atoms. The van der Waals surface area contributed by atoms with Crippen molar-refractivity contribution in [2.45, 2.75) is 26.2 Å². The fourth-order valence-corrected chi connectivity index (χ4v) is 3.23. The van der Waals surface area contributed by atoms with Crippen LogP contribution < -0.4 is 11.1 Å². The number of hydrogen-bond donors (Lipinski definition) is 2. The number of nitrogen functional groups attached to an aromatic ring is 1. The number of halogens is 2. The van der Waals surface area contributed by atoms with E-state index in [4.69, 9.17) is 28.9 Å². The highest BCUT2D eigenvalue weighted by Gasteiger charge is 2.17. The van der Waals surface area contributed by atoms with Gasteiger partial charge in [-0.05, 0) is 37.4 Å². The van der Waals surface area contributed by atoms with Gasteiger partial charge in [0.05, 0.1) is 16.4 Å². The number of nitrogens with zero attached hydrogens (tertiary/aromatic N) is 1. The average molecular weight is 330 g/mol. The van der Waals surface area contributed by atoms with Crippen LogP contribution >= 0.6 is 23.2 Å². The Morgan fingerprint density at radius 1 is 1.48 bits per heavy atom. The van der Waals surface area contributed by atoms with Crippen molar-refractivity contribution < 1.29 is 4.79 Å². The Bertz CT molecular complexity index is 499. The van der Waals surface area contributed by atoms with Crippen molar-refractivity contribution in [3.8, 4) is 0 Å². The molecule has 1 heterocycles. The molecule has 0 radical (unpaired) electrons. The van der Waals surface area contributed by atoms with E-state index in [1.165, 1.54) is 12.8 Å². The van der Waals surface area contributed by atoms with Gasteiger partial charge >= 0.3 is 0 Å². The Labute approximate surface area is 135 Å². The Balaban J connectivity index is 1.87. The number of carbonyl (C=O) groups is 1. The lowest BCUT2D eigenvalue weighted by atomic mass is 10.0. The molecular weight excluding hydrogens is 309 g/mol. The third-order valence-electron chi connectivity index (χ3n) is 3.75. The molecule has 1 atom stereocenters. The van der Waals surface area contributed by atoms with Crippen molar-refractivity contribution in [2.75, 3.05) is 30.7 Å². The van der Waals surface area contributed by atoms with Crippen LogP contribution in [-0.4, -0.2) is 30.4 Å². The lowest BCUT2D eigenvalue weighted by Crippen LogP contribution is -2.36. The summed E-state index contributed by atoms with van der Waals surface area (Å²) < 4.78 is 0. The molecule has 0 bridgehead atoms. The minimum atomic E-state index is -0.0795. The molecule has 1 aliphatic heterocycles. The maximum absolute atomic E-state index is 12.0. The molecule has 1 aliphatic rings. The quantitative estimate of drug-likeness (QED) is 0.829. The number of rotatable bonds is 4. The molecule has 1 saturated heterocycles. The molecule has 116 valence electrons. The zero-order valence-electron chi connectivity index (χ0n) is 12.2. The van der Waals surface area contributed by atoms with E-state index < -0.39 is 0 Å². The van der Waals surface area contributed by atoms with Gasteiger partial charge in [0.15, 0.2) is 0 Å². The Hall–Kier alpha value is -0.970. The Morgan fingerprint density at radius 2 is 2.24 bits per heavy atom. The van der Waals surface area contributed by atoms with Gasteiger partial charge in [0.2, 0.25) is 5.91 Å². The highest BCUT2D eigenvalue weighted by atomic mass is 35.5. The number of nitrogens with two attached hydrogens (primary N) is 1. The molecule has 0 aromatic heterocycles. The second-order valence-corrected chi connectivity index (χ2v) is 6.54. The smallest absolute Gasteiger partial charge is 0.225 e. The first-order chi connectivity index (χ1) is 9.95. The van der Waals surface area contributed by atoms with Crippen molar-refractivity contribution in [3.05, 3.63) is 22.2 Å². The molecule has 3 N–H and O–H groups in total. The van der Waals surface area contributed by atoms with Crippen LogP contribution in [0.4, 0.5) is 11.4 Å². The number of nitrogens with one attached hydrogen (secondary N) is 1. The first-order valence-corrected chi connectivity index (χ1v) is 7.98. The van der Waals surface area contributed by atoms with E-state index in [9.17, 15) is 4.79 Å². The van der Waals surface area contributed by atoms with Gasteiger partial charge in [0, 0.05) is 24.5 Å². The molecule has 1 aromatic rings. The first-order valence-electron chi connectivity index (χ1n) is 7.22. The molecule has 1 unspecified atom stereocenters. The molecular formula is C15H21Cl2N3O. The molecule has 21 heavy (non-hydrogen) atoms. The van der Waals surface area contributed by atoms with Crippen molar-refractivity contribution >= 4 is 40.5 Å². The normalized spacial score (nSPS) is 19.5. The molecule has 1 fully saturated rings. The third kappa shape index (κ3) is 4.77. The van der Waals surface area contributed by atoms with E-state index in [0.717, 1.165) is 19.6 Å². The first kappa shape index (κ1) is 16.4. The summed E-state index contributed by atoms with van der Waals surface area (Å²) in [5.74, 6) is 0.632. The third-order valence-corrected chi connectivity index (χ3v) is 4.26. The maximum Gasteiger partial charge on any atom is 0.225 e. The fraction of sp³-hybridized carbons (Fsp3) is 0.533. The highest BCUT2D eigenvalue weighted by molar-refractivity contribution is 6.37. The number of amides is 1. The molecule has 1 amide bonds. The van der Waals surface area contributed by atoms with E-state index in [1.807, 2.05) is 0 Å². The van der Waals surface area contributed by atoms with Gasteiger partial charge in [-0.2, -0.15) is 0 Å². The van der Waals surface area contributed by atoms with Crippen LogP contribution in [0.2, 0.25) is 10.0 Å². The van der Waals surface area contributed by atoms with Crippen molar-refractivity contribution in [3.63, 3.8) is 0 Å². The van der Waals surface area contributed by atoms with Gasteiger partial charge in [-0.25, -0.2) is 0 Å². The predicted molar refractivity (Wildman–Crippen MR) is 89.0 cm³/mol. The monoisotopic (exact) mass is 329 g/mol. The van der Waals surface area contributed by atoms with Gasteiger partial charge in [0.25, 0.3) is 0 Å². The minimum absolute atomic E-state index is 0.0795. The fourth-order valence-electron chi connectivity index (χ4n) is 2.68. The van der Waals surface area contributed by atoms with E-state index in [1.54, 1.807) is 12.1 Å². The predicted octanol–water partition coefficient (Wildman–Crippen LogP) is 3.64. The summed E-state index contributed by atoms with van der Waals surface area (Å²) >= 11 is 11.9. The van der Waals surface area contributed by atoms with Crippen LogP contribution in [0.1, 0.15) is 26.2 Å². The molecule has 0 aliphatic carbocycles. The number of benzene rings is 1. The number of hydrogen-bond acceptors (Lipinski definition) is 3. The summed E-state index contributed by atoms with van der Waals surface area (Å²) in [6.45, 7) is 5.15. The Morgan fingerprint density at radius 3 is 2.90 bits per heavy atom. The van der Waals surface area contributed by atoms with E-state index >= 15 is 0 Å². The number of anilines is 2. The number of carbonyl (C=O) groups excluding carboxylic acids is 1. The highest BCUT2D eigenvalue weighted by Crippen LogP contribution is 2.32. The lowest BCUT2D eigenvalue weighted by Gasteiger charge is -2.30. The zero-order valence-corrected chi connectivity index (χ0v) is 13.7. The zero-order chi connectivity index (χ0) is 15.4. The molecule has 2 rings (SSSR count). The average Bonchev–Trinajstić information content (AvgIpc) is 2.40. The van der Waals surface area contributed by atoms with Crippen LogP contribution in [-0.2, 0) is 4.79 Å². The van der Waals surface area contributed by atoms with Gasteiger partial charge in [-0.15, -0.1) is 0 Å². The van der Waals surface area contributed by atoms with Crippen molar-refractivity contribution in [1.29, 1.82) is 0 Å². The van der Waals surface area contributed by atoms with Gasteiger partial charge < -0.3 is 16.0 Å². The van der Waals surface area contributed by atoms with E-state index in [2.05, 4.69) is 17.1 Å². The summed E-state index contributed by atoms with van der Waals surface area (Å²) in [6.07, 6.45) is 2.92. The molecule has 1 aromatic carbocycles. The maximum atomic E-state index is 12.0. The van der Waals surface area contributed by atoms with Crippen LogP contribution in [0.15, 0.2) is 12.1 Å². The standard InChI is InChI=1S/C15H21Cl2N3O/c1-10-3-2-5-20(9-10)6-4-14(21)19-15-12(17)7-11(16)8-13(15)18/h7-8,10H,2-6,9,18H2,1H3,(H,19,21). The minimum Gasteiger partial charge on any atom is -0.397 e. The van der Waals surface area contributed by atoms with Crippen molar-refractivity contribution in [1.82, 2.24) is 4.90 Å². The summed E-state index contributed by atoms with van der Waals surface area (Å²) in [5, 5.41) is 3.59. The largest absolute Gasteiger partial charge is 0.397 e. The molecule has 0 saturated carbocycles. The molecule has 4 nitrogen and oxygen atoms in total. The van der Waals surface area contributed by atoms with E-state index in [-0.39, 0.29) is 5.91 Å². The number of piperidine rings is 1.